The van der Waals surface area contributed by atoms with E-state index in [1.807, 2.05) is 54.4 Å². The number of aromatic amines is 1. The molecule has 0 spiro atoms. The molecule has 1 aliphatic rings. The third-order valence-corrected chi connectivity index (χ3v) is 5.68. The molecule has 3 aromatic heterocycles. The molecule has 1 saturated heterocycles. The van der Waals surface area contributed by atoms with Gasteiger partial charge in [-0.15, -0.1) is 0 Å². The van der Waals surface area contributed by atoms with E-state index in [1.54, 1.807) is 12.3 Å². The number of aromatic nitrogens is 4. The first-order chi connectivity index (χ1) is 14.6. The molecule has 1 atom stereocenters. The molecule has 4 aromatic rings. The van der Waals surface area contributed by atoms with Gasteiger partial charge >= 0.3 is 0 Å². The van der Waals surface area contributed by atoms with E-state index in [9.17, 15) is 4.79 Å². The lowest BCUT2D eigenvalue weighted by Gasteiger charge is -2.23. The number of nitrogens with one attached hydrogen (secondary N) is 1. The van der Waals surface area contributed by atoms with Crippen LogP contribution in [0.3, 0.4) is 0 Å². The summed E-state index contributed by atoms with van der Waals surface area (Å²) in [5.41, 5.74) is 10.9. The fourth-order valence-corrected chi connectivity index (χ4v) is 4.09. The number of nitrogens with two attached hydrogens (primary N) is 1. The number of pyridine rings is 2. The molecule has 7 heteroatoms. The minimum atomic E-state index is -0.0528. The largest absolute Gasteiger partial charge is 0.384 e. The number of hydrogen-bond acceptors (Lipinski definition) is 5. The zero-order valence-corrected chi connectivity index (χ0v) is 16.7. The molecule has 5 rings (SSSR count). The maximum atomic E-state index is 13.3. The van der Waals surface area contributed by atoms with Crippen molar-refractivity contribution in [3.63, 3.8) is 0 Å². The van der Waals surface area contributed by atoms with E-state index in [-0.39, 0.29) is 11.9 Å². The second-order valence-electron chi connectivity index (χ2n) is 7.72. The SMILES string of the molecule is Cc1ccc2[nH]nc(C(=O)N3CCC[C@H]3c3ccc(-c4ccc(N)nc4)cn3)c2c1. The Labute approximate surface area is 174 Å². The van der Waals surface area contributed by atoms with Gasteiger partial charge in [-0.3, -0.25) is 14.9 Å². The molecule has 150 valence electrons. The van der Waals surface area contributed by atoms with Crippen LogP contribution in [0.15, 0.2) is 54.9 Å². The van der Waals surface area contributed by atoms with Gasteiger partial charge in [0.15, 0.2) is 5.69 Å². The van der Waals surface area contributed by atoms with Crippen molar-refractivity contribution in [2.75, 3.05) is 12.3 Å². The average Bonchev–Trinajstić information content (AvgIpc) is 3.41. The van der Waals surface area contributed by atoms with Crippen molar-refractivity contribution in [3.8, 4) is 11.1 Å². The summed E-state index contributed by atoms with van der Waals surface area (Å²) in [6.07, 6.45) is 5.41. The summed E-state index contributed by atoms with van der Waals surface area (Å²) < 4.78 is 0. The molecule has 1 fully saturated rings. The number of anilines is 1. The smallest absolute Gasteiger partial charge is 0.275 e. The Bertz CT molecular complexity index is 1210. The van der Waals surface area contributed by atoms with Crippen LogP contribution in [0.5, 0.6) is 0 Å². The lowest BCUT2D eigenvalue weighted by Crippen LogP contribution is -2.31. The summed E-state index contributed by atoms with van der Waals surface area (Å²) in [6.45, 7) is 2.72. The highest BCUT2D eigenvalue weighted by Gasteiger charge is 2.33. The fourth-order valence-electron chi connectivity index (χ4n) is 4.09. The molecule has 1 amide bonds. The van der Waals surface area contributed by atoms with Gasteiger partial charge in [0.05, 0.1) is 17.3 Å². The molecule has 0 aliphatic carbocycles. The second-order valence-corrected chi connectivity index (χ2v) is 7.72. The number of aryl methyl sites for hydroxylation is 1. The Hall–Kier alpha value is -3.74. The van der Waals surface area contributed by atoms with Gasteiger partial charge in [0.2, 0.25) is 0 Å². The van der Waals surface area contributed by atoms with E-state index < -0.39 is 0 Å². The molecule has 4 heterocycles. The minimum Gasteiger partial charge on any atom is -0.384 e. The van der Waals surface area contributed by atoms with Crippen molar-refractivity contribution in [3.05, 3.63) is 71.8 Å². The fraction of sp³-hybridized carbons (Fsp3) is 0.217. The van der Waals surface area contributed by atoms with Gasteiger partial charge in [0.1, 0.15) is 5.82 Å². The molecule has 0 bridgehead atoms. The maximum absolute atomic E-state index is 13.3. The first-order valence-electron chi connectivity index (χ1n) is 10.0. The summed E-state index contributed by atoms with van der Waals surface area (Å²) in [7, 11) is 0. The van der Waals surface area contributed by atoms with Crippen molar-refractivity contribution in [1.82, 2.24) is 25.1 Å². The van der Waals surface area contributed by atoms with Gasteiger partial charge in [-0.2, -0.15) is 5.10 Å². The Morgan fingerprint density at radius 1 is 1.10 bits per heavy atom. The van der Waals surface area contributed by atoms with Crippen LogP contribution >= 0.6 is 0 Å². The quantitative estimate of drug-likeness (QED) is 0.545. The number of rotatable bonds is 3. The number of hydrogen-bond donors (Lipinski definition) is 2. The molecule has 0 unspecified atom stereocenters. The number of carbonyl (C=O) groups excluding carboxylic acids is 1. The van der Waals surface area contributed by atoms with Crippen LogP contribution < -0.4 is 5.73 Å². The normalized spacial score (nSPS) is 16.3. The molecule has 1 aromatic carbocycles. The van der Waals surface area contributed by atoms with E-state index in [4.69, 9.17) is 5.73 Å². The summed E-state index contributed by atoms with van der Waals surface area (Å²) >= 11 is 0. The number of nitrogen functional groups attached to an aromatic ring is 1. The monoisotopic (exact) mass is 398 g/mol. The Morgan fingerprint density at radius 2 is 1.90 bits per heavy atom. The molecule has 0 radical (unpaired) electrons. The van der Waals surface area contributed by atoms with Crippen LogP contribution in [0.4, 0.5) is 5.82 Å². The number of benzene rings is 1. The number of H-pyrrole nitrogens is 1. The van der Waals surface area contributed by atoms with Gasteiger partial charge in [0.25, 0.3) is 5.91 Å². The summed E-state index contributed by atoms with van der Waals surface area (Å²) in [5.74, 6) is 0.437. The first-order valence-corrected chi connectivity index (χ1v) is 10.0. The highest BCUT2D eigenvalue weighted by atomic mass is 16.2. The number of carbonyl (C=O) groups is 1. The van der Waals surface area contributed by atoms with Gasteiger partial charge in [0, 0.05) is 35.5 Å². The number of likely N-dealkylation sites (tertiary alicyclic amines) is 1. The minimum absolute atomic E-state index is 0.0485. The summed E-state index contributed by atoms with van der Waals surface area (Å²) in [5, 5.41) is 8.16. The van der Waals surface area contributed by atoms with Gasteiger partial charge in [-0.25, -0.2) is 4.98 Å². The first kappa shape index (κ1) is 18.3. The molecule has 1 aliphatic heterocycles. The number of amides is 1. The van der Waals surface area contributed by atoms with E-state index >= 15 is 0 Å². The second kappa shape index (κ2) is 7.26. The zero-order chi connectivity index (χ0) is 20.7. The van der Waals surface area contributed by atoms with Crippen molar-refractivity contribution in [2.24, 2.45) is 0 Å². The van der Waals surface area contributed by atoms with Crippen molar-refractivity contribution in [1.29, 1.82) is 0 Å². The molecule has 3 N–H and O–H groups in total. The Kier molecular flexibility index (Phi) is 4.43. The van der Waals surface area contributed by atoms with Crippen molar-refractivity contribution < 1.29 is 4.79 Å². The lowest BCUT2D eigenvalue weighted by atomic mass is 10.1. The maximum Gasteiger partial charge on any atom is 0.275 e. The van der Waals surface area contributed by atoms with Crippen LogP contribution in [-0.4, -0.2) is 37.5 Å². The third kappa shape index (κ3) is 3.18. The highest BCUT2D eigenvalue weighted by Crippen LogP contribution is 2.33. The van der Waals surface area contributed by atoms with Crippen LogP contribution in [0.25, 0.3) is 22.0 Å². The zero-order valence-electron chi connectivity index (χ0n) is 16.7. The van der Waals surface area contributed by atoms with Gasteiger partial charge in [-0.05, 0) is 50.1 Å². The molecule has 0 saturated carbocycles. The van der Waals surface area contributed by atoms with E-state index in [1.165, 1.54) is 0 Å². The highest BCUT2D eigenvalue weighted by molar-refractivity contribution is 6.05. The third-order valence-electron chi connectivity index (χ3n) is 5.68. The molecule has 7 nitrogen and oxygen atoms in total. The predicted octanol–water partition coefficient (Wildman–Crippen LogP) is 3.89. The van der Waals surface area contributed by atoms with Crippen LogP contribution in [0.1, 0.15) is 40.6 Å². The number of fused-ring (bicyclic) bond motifs is 1. The lowest BCUT2D eigenvalue weighted by molar-refractivity contribution is 0.0729. The summed E-state index contributed by atoms with van der Waals surface area (Å²) in [6, 6.07) is 13.6. The Balaban J connectivity index is 1.42. The van der Waals surface area contributed by atoms with Gasteiger partial charge < -0.3 is 10.6 Å². The van der Waals surface area contributed by atoms with Gasteiger partial charge in [-0.1, -0.05) is 17.7 Å². The van der Waals surface area contributed by atoms with Crippen LogP contribution in [0.2, 0.25) is 0 Å². The van der Waals surface area contributed by atoms with E-state index in [0.29, 0.717) is 18.1 Å². The molecule has 30 heavy (non-hydrogen) atoms. The summed E-state index contributed by atoms with van der Waals surface area (Å²) in [4.78, 5) is 24.0. The van der Waals surface area contributed by atoms with Crippen molar-refractivity contribution >= 4 is 22.6 Å². The molecular formula is C23H22N6O. The Morgan fingerprint density at radius 3 is 2.63 bits per heavy atom. The topological polar surface area (TPSA) is 101 Å². The van der Waals surface area contributed by atoms with E-state index in [0.717, 1.165) is 46.1 Å². The molecular weight excluding hydrogens is 376 g/mol. The standard InChI is InChI=1S/C23H22N6O/c1-14-4-7-18-17(11-14)22(28-27-18)23(30)29-10-2-3-20(29)19-8-5-15(12-25-19)16-6-9-21(24)26-13-16/h4-9,11-13,20H,2-3,10H2,1H3,(H2,24,26)(H,27,28)/t20-/m0/s1. The number of nitrogens with zero attached hydrogens (tertiary/aromatic N) is 4. The predicted molar refractivity (Wildman–Crippen MR) is 116 cm³/mol. The average molecular weight is 398 g/mol. The van der Waals surface area contributed by atoms with Crippen LogP contribution in [-0.2, 0) is 0 Å². The van der Waals surface area contributed by atoms with Crippen molar-refractivity contribution in [2.45, 2.75) is 25.8 Å². The van der Waals surface area contributed by atoms with E-state index in [2.05, 4.69) is 20.2 Å². The van der Waals surface area contributed by atoms with Crippen LogP contribution in [0, 0.1) is 6.92 Å².